The molecule has 2 N–H and O–H groups in total. The van der Waals surface area contributed by atoms with Crippen molar-refractivity contribution < 1.29 is 28.3 Å². The molecule has 0 spiro atoms. The summed E-state index contributed by atoms with van der Waals surface area (Å²) >= 11 is 0. The number of rotatable bonds is 15. The SMILES string of the molecule is CCc1cc([C@@H]2O[C@H](n3cnc4c(NCCc5ccccc5)nc(NCCN5CCCCC5)nc43)[C@@H](OC=O)[C@H]2OC=O)on1. The van der Waals surface area contributed by atoms with E-state index in [9.17, 15) is 9.59 Å². The maximum Gasteiger partial charge on any atom is 0.293 e. The summed E-state index contributed by atoms with van der Waals surface area (Å²) in [6.07, 6.45) is 2.84. The molecule has 14 nitrogen and oxygen atoms in total. The van der Waals surface area contributed by atoms with Gasteiger partial charge in [0, 0.05) is 25.7 Å². The lowest BCUT2D eigenvalue weighted by atomic mass is 10.1. The van der Waals surface area contributed by atoms with E-state index in [1.165, 1.54) is 24.8 Å². The van der Waals surface area contributed by atoms with Gasteiger partial charge in [0.25, 0.3) is 12.9 Å². The first-order valence-electron chi connectivity index (χ1n) is 15.5. The second-order valence-corrected chi connectivity index (χ2v) is 11.1. The van der Waals surface area contributed by atoms with Crippen molar-refractivity contribution in [1.82, 2.24) is 29.6 Å². The minimum atomic E-state index is -1.02. The number of benzene rings is 1. The molecule has 2 aliphatic heterocycles. The smallest absolute Gasteiger partial charge is 0.293 e. The van der Waals surface area contributed by atoms with Gasteiger partial charge in [-0.05, 0) is 44.3 Å². The number of carbonyl (C=O) groups excluding carboxylic acids is 2. The van der Waals surface area contributed by atoms with E-state index < -0.39 is 24.5 Å². The first-order chi connectivity index (χ1) is 22.2. The highest BCUT2D eigenvalue weighted by Crippen LogP contribution is 2.43. The lowest BCUT2D eigenvalue weighted by Crippen LogP contribution is -2.34. The third kappa shape index (κ3) is 6.91. The number of nitrogens with zero attached hydrogens (tertiary/aromatic N) is 6. The molecule has 4 aromatic rings. The zero-order valence-electron chi connectivity index (χ0n) is 25.2. The molecule has 45 heavy (non-hydrogen) atoms. The molecule has 0 aliphatic carbocycles. The number of aryl methyl sites for hydroxylation is 1. The molecule has 14 heteroatoms. The fourth-order valence-corrected chi connectivity index (χ4v) is 5.93. The van der Waals surface area contributed by atoms with Crippen LogP contribution in [0.4, 0.5) is 11.8 Å². The maximum absolute atomic E-state index is 11.6. The lowest BCUT2D eigenvalue weighted by molar-refractivity contribution is -0.151. The van der Waals surface area contributed by atoms with Gasteiger partial charge in [0.2, 0.25) is 5.95 Å². The van der Waals surface area contributed by atoms with Crippen molar-refractivity contribution in [1.29, 1.82) is 0 Å². The fraction of sp³-hybridized carbons (Fsp3) is 0.484. The van der Waals surface area contributed by atoms with Crippen LogP contribution in [0.25, 0.3) is 11.2 Å². The van der Waals surface area contributed by atoms with Crippen LogP contribution >= 0.6 is 0 Å². The van der Waals surface area contributed by atoms with Crippen molar-refractivity contribution in [3.63, 3.8) is 0 Å². The second-order valence-electron chi connectivity index (χ2n) is 11.1. The van der Waals surface area contributed by atoms with E-state index in [1.807, 2.05) is 25.1 Å². The highest BCUT2D eigenvalue weighted by atomic mass is 16.6. The standard InChI is InChI=1S/C31H38N8O6/c1-2-22-17-23(45-37-22)25-26(42-19-40)27(43-20-41)30(44-25)39-18-34-24-28(32-12-11-21-9-5-3-6-10-21)35-31(36-29(24)39)33-13-16-38-14-7-4-8-15-38/h3,5-6,9-10,17-20,25-27,30H,2,4,7-8,11-16H2,1H3,(H2,32,33,35,36)/t25-,26-,27-,30-/m0/s1. The second kappa shape index (κ2) is 14.5. The molecule has 5 heterocycles. The predicted molar refractivity (Wildman–Crippen MR) is 163 cm³/mol. The molecule has 6 rings (SSSR count). The summed E-state index contributed by atoms with van der Waals surface area (Å²) in [5.74, 6) is 1.33. The quantitative estimate of drug-likeness (QED) is 0.187. The topological polar surface area (TPSA) is 159 Å². The Balaban J connectivity index is 1.31. The number of nitrogens with one attached hydrogen (secondary N) is 2. The fourth-order valence-electron chi connectivity index (χ4n) is 5.93. The molecule has 2 fully saturated rings. The minimum Gasteiger partial charge on any atom is -0.457 e. The van der Waals surface area contributed by atoms with Crippen LogP contribution in [0.2, 0.25) is 0 Å². The van der Waals surface area contributed by atoms with Gasteiger partial charge in [-0.2, -0.15) is 9.97 Å². The number of carbonyl (C=O) groups is 2. The Bertz CT molecular complexity index is 1560. The van der Waals surface area contributed by atoms with Crippen molar-refractivity contribution in [2.24, 2.45) is 0 Å². The van der Waals surface area contributed by atoms with Crippen molar-refractivity contribution in [2.75, 3.05) is 43.4 Å². The monoisotopic (exact) mass is 618 g/mol. The van der Waals surface area contributed by atoms with E-state index in [2.05, 4.69) is 37.8 Å². The van der Waals surface area contributed by atoms with Gasteiger partial charge in [-0.15, -0.1) is 0 Å². The summed E-state index contributed by atoms with van der Waals surface area (Å²) in [6, 6.07) is 11.9. The summed E-state index contributed by atoms with van der Waals surface area (Å²) in [4.78, 5) is 39.8. The summed E-state index contributed by atoms with van der Waals surface area (Å²) in [5, 5.41) is 10.9. The summed E-state index contributed by atoms with van der Waals surface area (Å²) in [5.41, 5.74) is 2.87. The molecule has 2 saturated heterocycles. The molecule has 1 aromatic carbocycles. The van der Waals surface area contributed by atoms with Crippen LogP contribution in [-0.4, -0.2) is 87.5 Å². The highest BCUT2D eigenvalue weighted by molar-refractivity contribution is 5.84. The number of piperidine rings is 1. The Morgan fingerprint density at radius 3 is 2.56 bits per heavy atom. The molecule has 4 atom stereocenters. The normalized spacial score (nSPS) is 21.9. The van der Waals surface area contributed by atoms with Gasteiger partial charge in [-0.3, -0.25) is 14.2 Å². The average molecular weight is 619 g/mol. The van der Waals surface area contributed by atoms with Crippen LogP contribution in [0, 0.1) is 0 Å². The Labute approximate surface area is 260 Å². The predicted octanol–water partition coefficient (Wildman–Crippen LogP) is 3.28. The Hall–Kier alpha value is -4.56. The largest absolute Gasteiger partial charge is 0.457 e. The van der Waals surface area contributed by atoms with E-state index >= 15 is 0 Å². The third-order valence-electron chi connectivity index (χ3n) is 8.24. The van der Waals surface area contributed by atoms with Gasteiger partial charge >= 0.3 is 0 Å². The van der Waals surface area contributed by atoms with Gasteiger partial charge < -0.3 is 34.3 Å². The van der Waals surface area contributed by atoms with E-state index in [4.69, 9.17) is 28.7 Å². The molecule has 3 aromatic heterocycles. The lowest BCUT2D eigenvalue weighted by Gasteiger charge is -2.26. The first-order valence-corrected chi connectivity index (χ1v) is 15.5. The molecular formula is C31H38N8O6. The number of fused-ring (bicyclic) bond motifs is 1. The van der Waals surface area contributed by atoms with Crippen LogP contribution in [0.1, 0.15) is 55.5 Å². The summed E-state index contributed by atoms with van der Waals surface area (Å²) in [6.45, 7) is 6.90. The van der Waals surface area contributed by atoms with Crippen molar-refractivity contribution in [2.45, 2.75) is 63.6 Å². The third-order valence-corrected chi connectivity index (χ3v) is 8.24. The van der Waals surface area contributed by atoms with Crippen molar-refractivity contribution >= 4 is 35.9 Å². The van der Waals surface area contributed by atoms with Gasteiger partial charge in [-0.25, -0.2) is 4.98 Å². The number of aromatic nitrogens is 5. The van der Waals surface area contributed by atoms with Gasteiger partial charge in [0.15, 0.2) is 47.3 Å². The van der Waals surface area contributed by atoms with Crippen molar-refractivity contribution in [3.8, 4) is 0 Å². The summed E-state index contributed by atoms with van der Waals surface area (Å²) < 4.78 is 24.4. The number of hydrogen-bond donors (Lipinski definition) is 2. The van der Waals surface area contributed by atoms with E-state index in [1.54, 1.807) is 17.0 Å². The summed E-state index contributed by atoms with van der Waals surface area (Å²) in [7, 11) is 0. The molecule has 0 amide bonds. The van der Waals surface area contributed by atoms with Gasteiger partial charge in [-0.1, -0.05) is 48.8 Å². The Morgan fingerprint density at radius 2 is 1.80 bits per heavy atom. The zero-order valence-corrected chi connectivity index (χ0v) is 25.2. The first kappa shape index (κ1) is 30.5. The van der Waals surface area contributed by atoms with E-state index in [0.29, 0.717) is 66.8 Å². The van der Waals surface area contributed by atoms with Gasteiger partial charge in [0.05, 0.1) is 12.0 Å². The van der Waals surface area contributed by atoms with Crippen LogP contribution in [-0.2, 0) is 36.6 Å². The number of anilines is 2. The van der Waals surface area contributed by atoms with Crippen molar-refractivity contribution in [3.05, 3.63) is 59.7 Å². The molecule has 2 aliphatic rings. The molecule has 0 bridgehead atoms. The molecule has 0 unspecified atom stereocenters. The Morgan fingerprint density at radius 1 is 1.00 bits per heavy atom. The average Bonchev–Trinajstić information content (AvgIpc) is 3.80. The molecule has 0 saturated carbocycles. The van der Waals surface area contributed by atoms with E-state index in [-0.39, 0.29) is 0 Å². The minimum absolute atomic E-state index is 0.301. The highest BCUT2D eigenvalue weighted by Gasteiger charge is 2.51. The molecule has 0 radical (unpaired) electrons. The van der Waals surface area contributed by atoms with Crippen LogP contribution in [0.15, 0.2) is 47.2 Å². The van der Waals surface area contributed by atoms with Crippen LogP contribution in [0.5, 0.6) is 0 Å². The number of ether oxygens (including phenoxy) is 3. The van der Waals surface area contributed by atoms with E-state index in [0.717, 1.165) is 26.1 Å². The number of likely N-dealkylation sites (tertiary alicyclic amines) is 1. The Kier molecular flexibility index (Phi) is 9.80. The number of hydrogen-bond acceptors (Lipinski definition) is 13. The van der Waals surface area contributed by atoms with Crippen LogP contribution in [0.3, 0.4) is 0 Å². The molecular weight excluding hydrogens is 580 g/mol. The zero-order chi connectivity index (χ0) is 31.0. The van der Waals surface area contributed by atoms with Gasteiger partial charge in [0.1, 0.15) is 0 Å². The number of imidazole rings is 1. The molecule has 238 valence electrons. The van der Waals surface area contributed by atoms with Crippen LogP contribution < -0.4 is 10.6 Å². The maximum atomic E-state index is 11.6.